The standard InChI is InChI=1S/C16H19N3S/c1-2-9-19(12-7-8-12)16-13(15(17)20)10-11-5-3-4-6-14(11)18-16/h3-6,10,12H,2,7-9H2,1H3,(H2,17,20). The van der Waals surface area contributed by atoms with E-state index in [4.69, 9.17) is 22.9 Å². The van der Waals surface area contributed by atoms with E-state index in [-0.39, 0.29) is 0 Å². The smallest absolute Gasteiger partial charge is 0.139 e. The van der Waals surface area contributed by atoms with E-state index in [1.807, 2.05) is 18.2 Å². The van der Waals surface area contributed by atoms with Crippen molar-refractivity contribution in [2.75, 3.05) is 11.4 Å². The summed E-state index contributed by atoms with van der Waals surface area (Å²) in [4.78, 5) is 7.64. The minimum Gasteiger partial charge on any atom is -0.389 e. The molecule has 0 radical (unpaired) electrons. The van der Waals surface area contributed by atoms with Crippen LogP contribution in [0.1, 0.15) is 31.7 Å². The molecule has 0 aliphatic heterocycles. The third-order valence-corrected chi connectivity index (χ3v) is 3.91. The van der Waals surface area contributed by atoms with Crippen LogP contribution in [-0.4, -0.2) is 22.6 Å². The first-order valence-electron chi connectivity index (χ1n) is 7.17. The number of hydrogen-bond donors (Lipinski definition) is 1. The molecular formula is C16H19N3S. The Labute approximate surface area is 124 Å². The molecule has 20 heavy (non-hydrogen) atoms. The zero-order valence-electron chi connectivity index (χ0n) is 11.7. The largest absolute Gasteiger partial charge is 0.389 e. The Bertz CT molecular complexity index is 649. The zero-order chi connectivity index (χ0) is 14.1. The molecule has 3 nitrogen and oxygen atoms in total. The van der Waals surface area contributed by atoms with Crippen molar-refractivity contribution in [2.24, 2.45) is 5.73 Å². The fraction of sp³-hybridized carbons (Fsp3) is 0.375. The molecule has 104 valence electrons. The molecule has 1 aliphatic carbocycles. The average molecular weight is 285 g/mol. The monoisotopic (exact) mass is 285 g/mol. The Kier molecular flexibility index (Phi) is 3.57. The summed E-state index contributed by atoms with van der Waals surface area (Å²) in [6.45, 7) is 3.20. The second-order valence-electron chi connectivity index (χ2n) is 5.34. The minimum absolute atomic E-state index is 0.431. The Balaban J connectivity index is 2.15. The van der Waals surface area contributed by atoms with Crippen LogP contribution in [0, 0.1) is 0 Å². The van der Waals surface area contributed by atoms with Crippen molar-refractivity contribution in [1.29, 1.82) is 0 Å². The van der Waals surface area contributed by atoms with Crippen molar-refractivity contribution in [2.45, 2.75) is 32.2 Å². The van der Waals surface area contributed by atoms with Crippen LogP contribution in [0.3, 0.4) is 0 Å². The quantitative estimate of drug-likeness (QED) is 0.856. The molecule has 1 aliphatic rings. The van der Waals surface area contributed by atoms with Crippen LogP contribution < -0.4 is 10.6 Å². The van der Waals surface area contributed by atoms with Gasteiger partial charge in [0.1, 0.15) is 10.8 Å². The summed E-state index contributed by atoms with van der Waals surface area (Å²) < 4.78 is 0. The summed E-state index contributed by atoms with van der Waals surface area (Å²) in [5, 5.41) is 1.09. The number of nitrogens with two attached hydrogens (primary N) is 1. The highest BCUT2D eigenvalue weighted by Crippen LogP contribution is 2.34. The zero-order valence-corrected chi connectivity index (χ0v) is 12.5. The van der Waals surface area contributed by atoms with Crippen molar-refractivity contribution < 1.29 is 0 Å². The second kappa shape index (κ2) is 5.37. The van der Waals surface area contributed by atoms with Crippen molar-refractivity contribution in [3.63, 3.8) is 0 Å². The van der Waals surface area contributed by atoms with E-state index in [9.17, 15) is 0 Å². The molecule has 0 bridgehead atoms. The summed E-state index contributed by atoms with van der Waals surface area (Å²) in [5.74, 6) is 0.959. The SMILES string of the molecule is CCCN(c1nc2ccccc2cc1C(N)=S)C1CC1. The van der Waals surface area contributed by atoms with Gasteiger partial charge in [-0.3, -0.25) is 0 Å². The van der Waals surface area contributed by atoms with Gasteiger partial charge >= 0.3 is 0 Å². The number of anilines is 1. The lowest BCUT2D eigenvalue weighted by atomic mass is 10.1. The summed E-state index contributed by atoms with van der Waals surface area (Å²) in [7, 11) is 0. The lowest BCUT2D eigenvalue weighted by molar-refractivity contribution is 0.752. The number of thiocarbonyl (C=S) groups is 1. The van der Waals surface area contributed by atoms with Gasteiger partial charge in [0.05, 0.1) is 11.1 Å². The first kappa shape index (κ1) is 13.3. The van der Waals surface area contributed by atoms with Gasteiger partial charge in [0, 0.05) is 18.0 Å². The molecule has 4 heteroatoms. The maximum absolute atomic E-state index is 5.92. The highest BCUT2D eigenvalue weighted by atomic mass is 32.1. The molecule has 1 aromatic heterocycles. The Morgan fingerprint density at radius 3 is 2.80 bits per heavy atom. The van der Waals surface area contributed by atoms with Crippen LogP contribution in [0.4, 0.5) is 5.82 Å². The predicted molar refractivity (Wildman–Crippen MR) is 88.3 cm³/mol. The van der Waals surface area contributed by atoms with Gasteiger partial charge in [-0.15, -0.1) is 0 Å². The molecule has 1 saturated carbocycles. The Morgan fingerprint density at radius 1 is 1.40 bits per heavy atom. The first-order valence-corrected chi connectivity index (χ1v) is 7.57. The van der Waals surface area contributed by atoms with E-state index in [2.05, 4.69) is 24.0 Å². The molecule has 0 spiro atoms. The Morgan fingerprint density at radius 2 is 2.15 bits per heavy atom. The molecule has 1 fully saturated rings. The molecular weight excluding hydrogens is 266 g/mol. The number of fused-ring (bicyclic) bond motifs is 1. The molecule has 2 N–H and O–H groups in total. The molecule has 1 heterocycles. The van der Waals surface area contributed by atoms with Gasteiger partial charge in [0.25, 0.3) is 0 Å². The van der Waals surface area contributed by atoms with Gasteiger partial charge in [-0.05, 0) is 31.4 Å². The van der Waals surface area contributed by atoms with Crippen LogP contribution >= 0.6 is 12.2 Å². The topological polar surface area (TPSA) is 42.2 Å². The molecule has 0 saturated heterocycles. The normalized spacial score (nSPS) is 14.4. The number of rotatable bonds is 5. The van der Waals surface area contributed by atoms with Crippen molar-refractivity contribution in [1.82, 2.24) is 4.98 Å². The molecule has 0 atom stereocenters. The number of nitrogens with zero attached hydrogens (tertiary/aromatic N) is 2. The molecule has 0 unspecified atom stereocenters. The number of pyridine rings is 1. The highest BCUT2D eigenvalue weighted by molar-refractivity contribution is 7.80. The molecule has 0 amide bonds. The fourth-order valence-electron chi connectivity index (χ4n) is 2.59. The number of aromatic nitrogens is 1. The van der Waals surface area contributed by atoms with E-state index < -0.39 is 0 Å². The van der Waals surface area contributed by atoms with E-state index >= 15 is 0 Å². The van der Waals surface area contributed by atoms with Gasteiger partial charge in [0.2, 0.25) is 0 Å². The van der Waals surface area contributed by atoms with Crippen LogP contribution in [0.5, 0.6) is 0 Å². The van der Waals surface area contributed by atoms with Crippen LogP contribution in [0.15, 0.2) is 30.3 Å². The second-order valence-corrected chi connectivity index (χ2v) is 5.78. The highest BCUT2D eigenvalue weighted by Gasteiger charge is 2.31. The van der Waals surface area contributed by atoms with Gasteiger partial charge < -0.3 is 10.6 Å². The molecule has 1 aromatic carbocycles. The first-order chi connectivity index (χ1) is 9.70. The number of benzene rings is 1. The van der Waals surface area contributed by atoms with Gasteiger partial charge in [0.15, 0.2) is 0 Å². The number of para-hydroxylation sites is 1. The van der Waals surface area contributed by atoms with Crippen LogP contribution in [0.2, 0.25) is 0 Å². The Hall–Kier alpha value is -1.68. The third kappa shape index (κ3) is 2.48. The molecule has 3 rings (SSSR count). The van der Waals surface area contributed by atoms with Gasteiger partial charge in [-0.1, -0.05) is 37.3 Å². The maximum atomic E-state index is 5.92. The molecule has 2 aromatic rings. The fourth-order valence-corrected chi connectivity index (χ4v) is 2.74. The van der Waals surface area contributed by atoms with E-state index in [0.717, 1.165) is 35.2 Å². The third-order valence-electron chi connectivity index (χ3n) is 3.69. The van der Waals surface area contributed by atoms with Crippen LogP contribution in [0.25, 0.3) is 10.9 Å². The maximum Gasteiger partial charge on any atom is 0.139 e. The van der Waals surface area contributed by atoms with Crippen LogP contribution in [-0.2, 0) is 0 Å². The summed E-state index contributed by atoms with van der Waals surface area (Å²) >= 11 is 5.23. The van der Waals surface area contributed by atoms with Gasteiger partial charge in [-0.2, -0.15) is 0 Å². The van der Waals surface area contributed by atoms with E-state index in [1.54, 1.807) is 0 Å². The van der Waals surface area contributed by atoms with E-state index in [1.165, 1.54) is 12.8 Å². The van der Waals surface area contributed by atoms with Crippen molar-refractivity contribution in [3.05, 3.63) is 35.9 Å². The lowest BCUT2D eigenvalue weighted by Gasteiger charge is -2.25. The average Bonchev–Trinajstić information content (AvgIpc) is 3.28. The number of hydrogen-bond acceptors (Lipinski definition) is 3. The summed E-state index contributed by atoms with van der Waals surface area (Å²) in [6.07, 6.45) is 3.58. The van der Waals surface area contributed by atoms with E-state index in [0.29, 0.717) is 11.0 Å². The van der Waals surface area contributed by atoms with Crippen molar-refractivity contribution in [3.8, 4) is 0 Å². The summed E-state index contributed by atoms with van der Waals surface area (Å²) in [5.41, 5.74) is 7.83. The predicted octanol–water partition coefficient (Wildman–Crippen LogP) is 3.25. The minimum atomic E-state index is 0.431. The van der Waals surface area contributed by atoms with Crippen molar-refractivity contribution >= 4 is 33.9 Å². The lowest BCUT2D eigenvalue weighted by Crippen LogP contribution is -2.30. The van der Waals surface area contributed by atoms with Gasteiger partial charge in [-0.25, -0.2) is 4.98 Å². The summed E-state index contributed by atoms with van der Waals surface area (Å²) in [6, 6.07) is 10.8.